The minimum absolute atomic E-state index is 0.0400. The van der Waals surface area contributed by atoms with Crippen LogP contribution in [0.5, 0.6) is 5.75 Å². The second kappa shape index (κ2) is 5.18. The lowest BCUT2D eigenvalue weighted by Crippen LogP contribution is -2.15. The Kier molecular flexibility index (Phi) is 3.39. The third-order valence-corrected chi connectivity index (χ3v) is 3.47. The number of hydrogen-bond acceptors (Lipinski definition) is 5. The lowest BCUT2D eigenvalue weighted by atomic mass is 10.1. The highest BCUT2D eigenvalue weighted by atomic mass is 19.4. The molecular formula is C14H8F3N3O4. The predicted molar refractivity (Wildman–Crippen MR) is 78.1 cm³/mol. The Labute approximate surface area is 130 Å². The summed E-state index contributed by atoms with van der Waals surface area (Å²) in [5.74, 6) is -0.412. The molecule has 0 saturated heterocycles. The van der Waals surface area contributed by atoms with Crippen LogP contribution >= 0.6 is 0 Å². The normalized spacial score (nSPS) is 11.8. The van der Waals surface area contributed by atoms with Gasteiger partial charge in [-0.05, 0) is 12.1 Å². The van der Waals surface area contributed by atoms with Gasteiger partial charge in [0, 0.05) is 12.3 Å². The summed E-state index contributed by atoms with van der Waals surface area (Å²) < 4.78 is 43.8. The summed E-state index contributed by atoms with van der Waals surface area (Å²) in [4.78, 5) is 28.8. The van der Waals surface area contributed by atoms with Gasteiger partial charge >= 0.3 is 11.9 Å². The fourth-order valence-electron chi connectivity index (χ4n) is 2.53. The second-order valence-electron chi connectivity index (χ2n) is 4.83. The third kappa shape index (κ3) is 2.23. The molecule has 1 aromatic carbocycles. The molecule has 0 aliphatic rings. The maximum atomic E-state index is 13.0. The third-order valence-electron chi connectivity index (χ3n) is 3.47. The number of ether oxygens (including phenoxy) is 1. The van der Waals surface area contributed by atoms with E-state index in [1.165, 1.54) is 18.3 Å². The molecular weight excluding hydrogens is 331 g/mol. The molecule has 0 bridgehead atoms. The first-order chi connectivity index (χ1) is 11.3. The zero-order chi connectivity index (χ0) is 17.6. The highest BCUT2D eigenvalue weighted by Gasteiger charge is 2.34. The highest BCUT2D eigenvalue weighted by Crippen LogP contribution is 2.41. The monoisotopic (exact) mass is 339 g/mol. The molecule has 0 radical (unpaired) electrons. The van der Waals surface area contributed by atoms with E-state index in [4.69, 9.17) is 4.74 Å². The van der Waals surface area contributed by atoms with E-state index in [0.717, 1.165) is 7.11 Å². The van der Waals surface area contributed by atoms with Gasteiger partial charge in [0.25, 0.3) is 0 Å². The molecule has 0 aliphatic carbocycles. The molecule has 3 rings (SSSR count). The number of halogens is 3. The minimum Gasteiger partial charge on any atom is -0.490 e. The number of nitro benzene ring substituents is 1. The molecule has 1 N–H and O–H groups in total. The Morgan fingerprint density at radius 3 is 2.67 bits per heavy atom. The van der Waals surface area contributed by atoms with Gasteiger partial charge in [-0.25, -0.2) is 0 Å². The number of rotatable bonds is 2. The molecule has 24 heavy (non-hydrogen) atoms. The second-order valence-corrected chi connectivity index (χ2v) is 4.83. The van der Waals surface area contributed by atoms with Gasteiger partial charge in [0.2, 0.25) is 5.75 Å². The number of alkyl halides is 3. The van der Waals surface area contributed by atoms with Crippen LogP contribution in [0.3, 0.4) is 0 Å². The Balaban J connectivity index is 2.65. The maximum absolute atomic E-state index is 13.0. The maximum Gasteiger partial charge on any atom is 0.431 e. The Bertz CT molecular complexity index is 1040. The number of fused-ring (bicyclic) bond motifs is 3. The van der Waals surface area contributed by atoms with Gasteiger partial charge in [-0.15, -0.1) is 0 Å². The quantitative estimate of drug-likeness (QED) is 0.440. The zero-order valence-corrected chi connectivity index (χ0v) is 12.0. The van der Waals surface area contributed by atoms with E-state index in [-0.39, 0.29) is 21.8 Å². The first-order valence-corrected chi connectivity index (χ1v) is 6.49. The molecule has 7 nitrogen and oxygen atoms in total. The van der Waals surface area contributed by atoms with Gasteiger partial charge in [0.15, 0.2) is 5.43 Å². The molecule has 124 valence electrons. The molecule has 0 fully saturated rings. The van der Waals surface area contributed by atoms with Crippen molar-refractivity contribution >= 4 is 27.5 Å². The molecule has 0 aliphatic heterocycles. The predicted octanol–water partition coefficient (Wildman–Crippen LogP) is 3.01. The van der Waals surface area contributed by atoms with E-state index in [0.29, 0.717) is 6.07 Å². The standard InChI is InChI=1S/C14H8F3N3O4/c1-24-13-9-7(21)5-8(14(15,16)17)19-11(9)10-6(3-2-4-18-10)12(13)20(22)23/h2-5H,1H3,(H,19,21). The Morgan fingerprint density at radius 1 is 1.38 bits per heavy atom. The van der Waals surface area contributed by atoms with Crippen LogP contribution in [-0.2, 0) is 6.18 Å². The molecule has 3 aromatic rings. The van der Waals surface area contributed by atoms with Crippen molar-refractivity contribution in [1.29, 1.82) is 0 Å². The lowest BCUT2D eigenvalue weighted by Gasteiger charge is -2.12. The van der Waals surface area contributed by atoms with Crippen molar-refractivity contribution in [3.05, 3.63) is 50.4 Å². The van der Waals surface area contributed by atoms with Gasteiger partial charge in [0.05, 0.1) is 28.3 Å². The first kappa shape index (κ1) is 15.7. The number of methoxy groups -OCH3 is 1. The van der Waals surface area contributed by atoms with Crippen LogP contribution in [-0.4, -0.2) is 22.0 Å². The number of nitrogens with zero attached hydrogens (tertiary/aromatic N) is 2. The van der Waals surface area contributed by atoms with Crippen molar-refractivity contribution in [2.45, 2.75) is 6.18 Å². The SMILES string of the molecule is COc1c([N+](=O)[O-])c2cccnc2c2[nH]c(C(F)(F)F)cc(=O)c12. The van der Waals surface area contributed by atoms with Crippen LogP contribution in [0.2, 0.25) is 0 Å². The smallest absolute Gasteiger partial charge is 0.431 e. The van der Waals surface area contributed by atoms with E-state index in [1.54, 1.807) is 0 Å². The lowest BCUT2D eigenvalue weighted by molar-refractivity contribution is -0.383. The van der Waals surface area contributed by atoms with Crippen LogP contribution in [0.15, 0.2) is 29.2 Å². The van der Waals surface area contributed by atoms with Crippen LogP contribution in [0, 0.1) is 10.1 Å². The molecule has 0 spiro atoms. The van der Waals surface area contributed by atoms with Gasteiger partial charge in [-0.3, -0.25) is 19.9 Å². The van der Waals surface area contributed by atoms with E-state index in [1.807, 2.05) is 0 Å². The van der Waals surface area contributed by atoms with E-state index in [9.17, 15) is 28.1 Å². The van der Waals surface area contributed by atoms with Gasteiger partial charge in [-0.2, -0.15) is 13.2 Å². The first-order valence-electron chi connectivity index (χ1n) is 6.49. The zero-order valence-electron chi connectivity index (χ0n) is 12.0. The summed E-state index contributed by atoms with van der Waals surface area (Å²) in [5, 5.41) is 11.0. The minimum atomic E-state index is -4.79. The van der Waals surface area contributed by atoms with E-state index < -0.39 is 33.7 Å². The summed E-state index contributed by atoms with van der Waals surface area (Å²) in [6, 6.07) is 3.05. The molecule has 0 amide bonds. The van der Waals surface area contributed by atoms with Gasteiger partial charge < -0.3 is 9.72 Å². The van der Waals surface area contributed by atoms with Gasteiger partial charge in [-0.1, -0.05) is 0 Å². The van der Waals surface area contributed by atoms with Gasteiger partial charge in [0.1, 0.15) is 11.2 Å². The van der Waals surface area contributed by atoms with Crippen molar-refractivity contribution in [2.24, 2.45) is 0 Å². The number of hydrogen-bond donors (Lipinski definition) is 1. The Morgan fingerprint density at radius 2 is 2.08 bits per heavy atom. The van der Waals surface area contributed by atoms with Crippen LogP contribution in [0.25, 0.3) is 21.8 Å². The average molecular weight is 339 g/mol. The van der Waals surface area contributed by atoms with Crippen molar-refractivity contribution in [3.8, 4) is 5.75 Å². The summed E-state index contributed by atoms with van der Waals surface area (Å²) in [7, 11) is 1.10. The molecule has 2 heterocycles. The average Bonchev–Trinajstić information content (AvgIpc) is 2.52. The van der Waals surface area contributed by atoms with Crippen LogP contribution in [0.4, 0.5) is 18.9 Å². The summed E-state index contributed by atoms with van der Waals surface area (Å²) in [6.45, 7) is 0. The molecule has 2 aromatic heterocycles. The summed E-state index contributed by atoms with van der Waals surface area (Å²) in [6.07, 6.45) is -3.53. The molecule has 0 atom stereocenters. The van der Waals surface area contributed by atoms with E-state index >= 15 is 0 Å². The largest absolute Gasteiger partial charge is 0.490 e. The fourth-order valence-corrected chi connectivity index (χ4v) is 2.53. The Hall–Kier alpha value is -3.17. The summed E-state index contributed by atoms with van der Waals surface area (Å²) in [5.41, 5.74) is -3.25. The molecule has 10 heteroatoms. The fraction of sp³-hybridized carbons (Fsp3) is 0.143. The number of H-pyrrole nitrogens is 1. The number of nitro groups is 1. The summed E-state index contributed by atoms with van der Waals surface area (Å²) >= 11 is 0. The van der Waals surface area contributed by atoms with Crippen molar-refractivity contribution in [2.75, 3.05) is 7.11 Å². The van der Waals surface area contributed by atoms with Crippen LogP contribution in [0.1, 0.15) is 5.69 Å². The topological polar surface area (TPSA) is 98.1 Å². The number of pyridine rings is 2. The van der Waals surface area contributed by atoms with Crippen LogP contribution < -0.4 is 10.2 Å². The highest BCUT2D eigenvalue weighted by molar-refractivity contribution is 6.11. The van der Waals surface area contributed by atoms with Crippen molar-refractivity contribution < 1.29 is 22.8 Å². The number of benzene rings is 1. The van der Waals surface area contributed by atoms with Crippen molar-refractivity contribution in [3.63, 3.8) is 0 Å². The van der Waals surface area contributed by atoms with E-state index in [2.05, 4.69) is 9.97 Å². The molecule has 0 saturated carbocycles. The molecule has 0 unspecified atom stereocenters. The van der Waals surface area contributed by atoms with Crippen molar-refractivity contribution in [1.82, 2.24) is 9.97 Å². The number of aromatic nitrogens is 2. The number of nitrogens with one attached hydrogen (secondary N) is 1. The number of aromatic amines is 1.